The molecule has 1 N–H and O–H groups in total. The van der Waals surface area contributed by atoms with Gasteiger partial charge in [-0.25, -0.2) is 4.98 Å². The van der Waals surface area contributed by atoms with Gasteiger partial charge in [0.1, 0.15) is 16.9 Å². The number of hydrogen-bond donors (Lipinski definition) is 1. The van der Waals surface area contributed by atoms with E-state index in [1.54, 1.807) is 0 Å². The molecule has 8 heteroatoms. The number of nitrogens with zero attached hydrogens (tertiary/aromatic N) is 1. The molecule has 0 radical (unpaired) electrons. The maximum Gasteiger partial charge on any atom is 0.416 e. The van der Waals surface area contributed by atoms with Crippen LogP contribution in [0.1, 0.15) is 66.0 Å². The Labute approximate surface area is 213 Å². The van der Waals surface area contributed by atoms with Crippen LogP contribution in [-0.4, -0.2) is 16.1 Å². The molecule has 2 atom stereocenters. The lowest BCUT2D eigenvalue weighted by Crippen LogP contribution is -2.16. The van der Waals surface area contributed by atoms with Gasteiger partial charge >= 0.3 is 12.1 Å². The highest BCUT2D eigenvalue weighted by molar-refractivity contribution is 7.15. The number of aromatic nitrogens is 1. The smallest absolute Gasteiger partial charge is 0.416 e. The minimum Gasteiger partial charge on any atom is -0.485 e. The molecule has 4 rings (SSSR count). The second-order valence-corrected chi connectivity index (χ2v) is 10.6. The molecular weight excluding hydrogens is 487 g/mol. The van der Waals surface area contributed by atoms with Crippen molar-refractivity contribution in [2.24, 2.45) is 11.8 Å². The highest BCUT2D eigenvalue weighted by atomic mass is 32.1. The van der Waals surface area contributed by atoms with E-state index in [1.165, 1.54) is 23.5 Å². The molecule has 0 saturated heterocycles. The third kappa shape index (κ3) is 6.09. The van der Waals surface area contributed by atoms with Crippen molar-refractivity contribution in [1.29, 1.82) is 0 Å². The van der Waals surface area contributed by atoms with Crippen molar-refractivity contribution in [1.82, 2.24) is 4.98 Å². The first kappa shape index (κ1) is 26.2. The van der Waals surface area contributed by atoms with Gasteiger partial charge in [-0.15, -0.1) is 11.3 Å². The molecule has 1 heterocycles. The van der Waals surface area contributed by atoms with Crippen molar-refractivity contribution >= 4 is 17.3 Å². The van der Waals surface area contributed by atoms with Gasteiger partial charge in [-0.05, 0) is 74.9 Å². The second kappa shape index (κ2) is 10.6. The molecule has 1 aliphatic rings. The van der Waals surface area contributed by atoms with Crippen LogP contribution in [0.5, 0.6) is 5.75 Å². The quantitative estimate of drug-likeness (QED) is 0.296. The monoisotopic (exact) mass is 517 g/mol. The number of carboxylic acids is 1. The van der Waals surface area contributed by atoms with E-state index in [9.17, 15) is 23.1 Å². The number of carboxylic acid groups (broad SMARTS) is 1. The van der Waals surface area contributed by atoms with E-state index < -0.39 is 23.6 Å². The van der Waals surface area contributed by atoms with E-state index in [0.29, 0.717) is 29.3 Å². The summed E-state index contributed by atoms with van der Waals surface area (Å²) in [5.74, 6) is -0.0806. The summed E-state index contributed by atoms with van der Waals surface area (Å²) in [4.78, 5) is 17.2. The first-order valence-electron chi connectivity index (χ1n) is 12.2. The lowest BCUT2D eigenvalue weighted by Gasteiger charge is -2.20. The molecule has 2 aromatic carbocycles. The summed E-state index contributed by atoms with van der Waals surface area (Å²) >= 11 is 1.46. The summed E-state index contributed by atoms with van der Waals surface area (Å²) in [5.41, 5.74) is 2.80. The number of ether oxygens (including phenoxy) is 1. The number of thiazole rings is 1. The van der Waals surface area contributed by atoms with E-state index >= 15 is 0 Å². The molecule has 2 unspecified atom stereocenters. The van der Waals surface area contributed by atoms with Crippen LogP contribution in [0, 0.1) is 25.7 Å². The Bertz CT molecular complexity index is 1220. The molecule has 192 valence electrons. The molecule has 0 spiro atoms. The van der Waals surface area contributed by atoms with Gasteiger partial charge in [0.05, 0.1) is 22.1 Å². The Morgan fingerprint density at radius 3 is 2.42 bits per heavy atom. The molecular formula is C28H30F3NO3S. The first-order chi connectivity index (χ1) is 17.1. The molecule has 36 heavy (non-hydrogen) atoms. The predicted octanol–water partition coefficient (Wildman–Crippen LogP) is 8.02. The van der Waals surface area contributed by atoms with Gasteiger partial charge in [0.15, 0.2) is 0 Å². The van der Waals surface area contributed by atoms with Crippen LogP contribution >= 0.6 is 11.3 Å². The topological polar surface area (TPSA) is 59.4 Å². The van der Waals surface area contributed by atoms with Gasteiger partial charge < -0.3 is 9.84 Å². The van der Waals surface area contributed by atoms with Crippen molar-refractivity contribution in [3.8, 4) is 16.3 Å². The fourth-order valence-electron chi connectivity index (χ4n) is 4.40. The third-order valence-electron chi connectivity index (χ3n) is 6.63. The van der Waals surface area contributed by atoms with Crippen molar-refractivity contribution in [3.63, 3.8) is 0 Å². The Hall–Kier alpha value is -2.87. The lowest BCUT2D eigenvalue weighted by molar-refractivity contribution is -0.142. The average Bonchev–Trinajstić information content (AvgIpc) is 3.59. The van der Waals surface area contributed by atoms with Gasteiger partial charge in [0.2, 0.25) is 0 Å². The number of aryl methyl sites for hydroxylation is 2. The Morgan fingerprint density at radius 2 is 1.86 bits per heavy atom. The summed E-state index contributed by atoms with van der Waals surface area (Å²) in [6, 6.07) is 10.9. The van der Waals surface area contributed by atoms with Crippen LogP contribution in [0.3, 0.4) is 0 Å². The van der Waals surface area contributed by atoms with Crippen LogP contribution in [0.15, 0.2) is 42.5 Å². The SMILES string of the molecule is CCCC(Cc1ccc(OC(c2sc(-c3ccc(C(F)(F)F)cc3)nc2C)C2CC2)cc1C)C(=O)O. The van der Waals surface area contributed by atoms with Crippen LogP contribution in [0.2, 0.25) is 0 Å². The van der Waals surface area contributed by atoms with Crippen LogP contribution in [0.25, 0.3) is 10.6 Å². The van der Waals surface area contributed by atoms with Gasteiger partial charge in [0, 0.05) is 11.5 Å². The Kier molecular flexibility index (Phi) is 7.73. The maximum absolute atomic E-state index is 12.9. The van der Waals surface area contributed by atoms with Crippen molar-refractivity contribution in [2.45, 2.75) is 65.2 Å². The number of benzene rings is 2. The molecule has 0 aliphatic heterocycles. The molecule has 0 bridgehead atoms. The minimum atomic E-state index is -4.37. The predicted molar refractivity (Wildman–Crippen MR) is 134 cm³/mol. The highest BCUT2D eigenvalue weighted by Crippen LogP contribution is 2.47. The van der Waals surface area contributed by atoms with Crippen molar-refractivity contribution in [2.75, 3.05) is 0 Å². The highest BCUT2D eigenvalue weighted by Gasteiger charge is 2.37. The summed E-state index contributed by atoms with van der Waals surface area (Å²) < 4.78 is 45.2. The zero-order valence-corrected chi connectivity index (χ0v) is 21.4. The van der Waals surface area contributed by atoms with E-state index in [1.807, 2.05) is 39.0 Å². The Morgan fingerprint density at radius 1 is 1.17 bits per heavy atom. The molecule has 4 nitrogen and oxygen atoms in total. The van der Waals surface area contributed by atoms with Gasteiger partial charge in [-0.1, -0.05) is 31.5 Å². The zero-order chi connectivity index (χ0) is 26.0. The molecule has 1 saturated carbocycles. The van der Waals surface area contributed by atoms with Crippen molar-refractivity contribution < 1.29 is 27.8 Å². The number of rotatable bonds is 10. The Balaban J connectivity index is 1.54. The fourth-order valence-corrected chi connectivity index (χ4v) is 5.60. The maximum atomic E-state index is 12.9. The molecule has 1 aromatic heterocycles. The van der Waals surface area contributed by atoms with E-state index in [0.717, 1.165) is 58.8 Å². The van der Waals surface area contributed by atoms with Gasteiger partial charge in [-0.2, -0.15) is 13.2 Å². The largest absolute Gasteiger partial charge is 0.485 e. The number of carbonyl (C=O) groups is 1. The van der Waals surface area contributed by atoms with Crippen LogP contribution in [-0.2, 0) is 17.4 Å². The summed E-state index contributed by atoms with van der Waals surface area (Å²) in [6.45, 7) is 5.87. The zero-order valence-electron chi connectivity index (χ0n) is 20.6. The normalized spacial score (nSPS) is 15.5. The van der Waals surface area contributed by atoms with Crippen LogP contribution in [0.4, 0.5) is 13.2 Å². The summed E-state index contributed by atoms with van der Waals surface area (Å²) in [5, 5.41) is 10.2. The van der Waals surface area contributed by atoms with Gasteiger partial charge in [0.25, 0.3) is 0 Å². The average molecular weight is 518 g/mol. The van der Waals surface area contributed by atoms with Crippen molar-refractivity contribution in [3.05, 3.63) is 69.7 Å². The first-order valence-corrected chi connectivity index (χ1v) is 13.0. The molecule has 1 aliphatic carbocycles. The fraction of sp³-hybridized carbons (Fsp3) is 0.429. The number of halogens is 3. The van der Waals surface area contributed by atoms with E-state index in [4.69, 9.17) is 4.74 Å². The van der Waals surface area contributed by atoms with Crippen LogP contribution < -0.4 is 4.74 Å². The van der Waals surface area contributed by atoms with E-state index in [-0.39, 0.29) is 6.10 Å². The third-order valence-corrected chi connectivity index (χ3v) is 7.90. The number of aliphatic carboxylic acids is 1. The number of alkyl halides is 3. The van der Waals surface area contributed by atoms with E-state index in [2.05, 4.69) is 4.98 Å². The molecule has 3 aromatic rings. The molecule has 1 fully saturated rings. The summed E-state index contributed by atoms with van der Waals surface area (Å²) in [7, 11) is 0. The molecule has 0 amide bonds. The summed E-state index contributed by atoms with van der Waals surface area (Å²) in [6.07, 6.45) is -0.496. The number of hydrogen-bond acceptors (Lipinski definition) is 4. The van der Waals surface area contributed by atoms with Gasteiger partial charge in [-0.3, -0.25) is 4.79 Å². The second-order valence-electron chi connectivity index (χ2n) is 9.54. The lowest BCUT2D eigenvalue weighted by atomic mass is 9.93. The minimum absolute atomic E-state index is 0.178. The standard InChI is InChI=1S/C28H30F3NO3S/c1-4-5-21(27(33)34)15-20-10-13-23(14-16(20)2)35-24(18-6-7-18)25-17(3)32-26(36-25)19-8-11-22(12-9-19)28(29,30)31/h8-14,18,21,24H,4-7,15H2,1-3H3,(H,33,34).